The molecule has 1 heterocycles. The van der Waals surface area contributed by atoms with Gasteiger partial charge in [-0.3, -0.25) is 4.90 Å². The molecule has 4 heteroatoms. The van der Waals surface area contributed by atoms with E-state index < -0.39 is 0 Å². The Balaban J connectivity index is 2.12. The zero-order valence-electron chi connectivity index (χ0n) is 10.4. The number of nitrogens with one attached hydrogen (secondary N) is 1. The highest BCUT2D eigenvalue weighted by molar-refractivity contribution is 9.10. The number of hydrogen-bond donors (Lipinski definition) is 1. The minimum absolute atomic E-state index is 0.963. The lowest BCUT2D eigenvalue weighted by Gasteiger charge is -2.27. The van der Waals surface area contributed by atoms with Gasteiger partial charge >= 0.3 is 0 Å². The van der Waals surface area contributed by atoms with Crippen molar-refractivity contribution in [3.8, 4) is 5.75 Å². The summed E-state index contributed by atoms with van der Waals surface area (Å²) in [5, 5.41) is 3.37. The molecule has 1 N–H and O–H groups in total. The SMILES string of the molecule is COc1cc(CN2CCNCC2)cc(Br)c1C. The topological polar surface area (TPSA) is 24.5 Å². The molecule has 17 heavy (non-hydrogen) atoms. The van der Waals surface area contributed by atoms with Crippen LogP contribution in [-0.2, 0) is 6.54 Å². The second-order valence-electron chi connectivity index (χ2n) is 4.43. The fourth-order valence-electron chi connectivity index (χ4n) is 2.14. The van der Waals surface area contributed by atoms with Crippen LogP contribution in [0, 0.1) is 6.92 Å². The zero-order chi connectivity index (χ0) is 12.3. The smallest absolute Gasteiger partial charge is 0.123 e. The Morgan fingerprint density at radius 3 is 2.71 bits per heavy atom. The minimum atomic E-state index is 0.963. The Kier molecular flexibility index (Phi) is 4.42. The van der Waals surface area contributed by atoms with Crippen LogP contribution in [0.4, 0.5) is 0 Å². The van der Waals surface area contributed by atoms with E-state index >= 15 is 0 Å². The molecule has 1 aromatic carbocycles. The number of piperazine rings is 1. The Bertz CT molecular complexity index is 389. The Hall–Kier alpha value is -0.580. The molecular weight excluding hydrogens is 280 g/mol. The van der Waals surface area contributed by atoms with E-state index in [-0.39, 0.29) is 0 Å². The highest BCUT2D eigenvalue weighted by Gasteiger charge is 2.12. The molecule has 1 saturated heterocycles. The molecular formula is C13H19BrN2O. The van der Waals surface area contributed by atoms with Gasteiger partial charge in [0.25, 0.3) is 0 Å². The van der Waals surface area contributed by atoms with Crippen LogP contribution in [0.2, 0.25) is 0 Å². The number of benzene rings is 1. The summed E-state index contributed by atoms with van der Waals surface area (Å²) < 4.78 is 6.52. The van der Waals surface area contributed by atoms with E-state index in [1.807, 2.05) is 0 Å². The van der Waals surface area contributed by atoms with Gasteiger partial charge in [0.2, 0.25) is 0 Å². The molecule has 0 amide bonds. The summed E-state index contributed by atoms with van der Waals surface area (Å²) in [5.41, 5.74) is 2.47. The maximum atomic E-state index is 5.39. The van der Waals surface area contributed by atoms with Crippen LogP contribution < -0.4 is 10.1 Å². The van der Waals surface area contributed by atoms with Crippen LogP contribution >= 0.6 is 15.9 Å². The van der Waals surface area contributed by atoms with Crippen LogP contribution in [-0.4, -0.2) is 38.2 Å². The summed E-state index contributed by atoms with van der Waals surface area (Å²) in [6, 6.07) is 4.34. The second kappa shape index (κ2) is 5.85. The summed E-state index contributed by atoms with van der Waals surface area (Å²) in [6.07, 6.45) is 0. The lowest BCUT2D eigenvalue weighted by molar-refractivity contribution is 0.233. The molecule has 0 aromatic heterocycles. The van der Waals surface area contributed by atoms with Crippen molar-refractivity contribution in [2.45, 2.75) is 13.5 Å². The molecule has 0 spiro atoms. The molecule has 0 unspecified atom stereocenters. The van der Waals surface area contributed by atoms with Crippen molar-refractivity contribution >= 4 is 15.9 Å². The van der Waals surface area contributed by atoms with E-state index in [0.29, 0.717) is 0 Å². The summed E-state index contributed by atoms with van der Waals surface area (Å²) in [5.74, 6) is 0.963. The molecule has 1 aromatic rings. The van der Waals surface area contributed by atoms with Crippen molar-refractivity contribution in [1.82, 2.24) is 10.2 Å². The first-order chi connectivity index (χ1) is 8.20. The molecule has 2 rings (SSSR count). The molecule has 0 aliphatic carbocycles. The quantitative estimate of drug-likeness (QED) is 0.926. The Morgan fingerprint density at radius 1 is 1.35 bits per heavy atom. The van der Waals surface area contributed by atoms with Gasteiger partial charge in [-0.1, -0.05) is 15.9 Å². The van der Waals surface area contributed by atoms with E-state index in [0.717, 1.165) is 48.5 Å². The van der Waals surface area contributed by atoms with Crippen LogP contribution in [0.3, 0.4) is 0 Å². The van der Waals surface area contributed by atoms with Crippen molar-refractivity contribution in [1.29, 1.82) is 0 Å². The summed E-state index contributed by atoms with van der Waals surface area (Å²) in [6.45, 7) is 7.48. The fraction of sp³-hybridized carbons (Fsp3) is 0.538. The largest absolute Gasteiger partial charge is 0.496 e. The summed E-state index contributed by atoms with van der Waals surface area (Å²) in [4.78, 5) is 2.47. The predicted octanol–water partition coefficient (Wildman–Crippen LogP) is 2.17. The van der Waals surface area contributed by atoms with Gasteiger partial charge in [-0.05, 0) is 24.6 Å². The lowest BCUT2D eigenvalue weighted by Crippen LogP contribution is -2.42. The standard InChI is InChI=1S/C13H19BrN2O/c1-10-12(14)7-11(8-13(10)17-2)9-16-5-3-15-4-6-16/h7-8,15H,3-6,9H2,1-2H3. The van der Waals surface area contributed by atoms with Crippen LogP contribution in [0.15, 0.2) is 16.6 Å². The first-order valence-electron chi connectivity index (χ1n) is 5.97. The number of hydrogen-bond acceptors (Lipinski definition) is 3. The van der Waals surface area contributed by atoms with Crippen molar-refractivity contribution < 1.29 is 4.74 Å². The third kappa shape index (κ3) is 3.21. The van der Waals surface area contributed by atoms with Gasteiger partial charge in [0.1, 0.15) is 5.75 Å². The van der Waals surface area contributed by atoms with Crippen LogP contribution in [0.25, 0.3) is 0 Å². The molecule has 0 bridgehead atoms. The first-order valence-corrected chi connectivity index (χ1v) is 6.76. The second-order valence-corrected chi connectivity index (χ2v) is 5.29. The van der Waals surface area contributed by atoms with Gasteiger partial charge in [-0.15, -0.1) is 0 Å². The maximum absolute atomic E-state index is 5.39. The van der Waals surface area contributed by atoms with E-state index in [2.05, 4.69) is 45.2 Å². The van der Waals surface area contributed by atoms with Crippen molar-refractivity contribution in [3.63, 3.8) is 0 Å². The average molecular weight is 299 g/mol. The van der Waals surface area contributed by atoms with Crippen LogP contribution in [0.1, 0.15) is 11.1 Å². The van der Waals surface area contributed by atoms with Gasteiger partial charge in [-0.25, -0.2) is 0 Å². The molecule has 0 radical (unpaired) electrons. The molecule has 3 nitrogen and oxygen atoms in total. The summed E-state index contributed by atoms with van der Waals surface area (Å²) >= 11 is 3.59. The minimum Gasteiger partial charge on any atom is -0.496 e. The third-order valence-corrected chi connectivity index (χ3v) is 4.02. The predicted molar refractivity (Wildman–Crippen MR) is 73.6 cm³/mol. The van der Waals surface area contributed by atoms with Gasteiger partial charge in [0.05, 0.1) is 7.11 Å². The number of ether oxygens (including phenoxy) is 1. The zero-order valence-corrected chi connectivity index (χ0v) is 12.0. The molecule has 1 fully saturated rings. The maximum Gasteiger partial charge on any atom is 0.123 e. The lowest BCUT2D eigenvalue weighted by atomic mass is 10.1. The van der Waals surface area contributed by atoms with Gasteiger partial charge in [-0.2, -0.15) is 0 Å². The van der Waals surface area contributed by atoms with E-state index in [4.69, 9.17) is 4.74 Å². The highest BCUT2D eigenvalue weighted by Crippen LogP contribution is 2.28. The Labute approximate surface area is 111 Å². The Morgan fingerprint density at radius 2 is 2.06 bits per heavy atom. The molecule has 0 saturated carbocycles. The number of nitrogens with zero attached hydrogens (tertiary/aromatic N) is 1. The van der Waals surface area contributed by atoms with Gasteiger partial charge in [0, 0.05) is 42.8 Å². The van der Waals surface area contributed by atoms with E-state index in [1.165, 1.54) is 5.56 Å². The molecule has 1 aliphatic heterocycles. The molecule has 94 valence electrons. The third-order valence-electron chi connectivity index (χ3n) is 3.19. The molecule has 0 atom stereocenters. The van der Waals surface area contributed by atoms with E-state index in [9.17, 15) is 0 Å². The number of methoxy groups -OCH3 is 1. The monoisotopic (exact) mass is 298 g/mol. The normalized spacial score (nSPS) is 17.1. The number of rotatable bonds is 3. The van der Waals surface area contributed by atoms with Gasteiger partial charge in [0.15, 0.2) is 0 Å². The van der Waals surface area contributed by atoms with Crippen molar-refractivity contribution in [2.24, 2.45) is 0 Å². The first kappa shape index (κ1) is 12.9. The average Bonchev–Trinajstić information content (AvgIpc) is 2.35. The van der Waals surface area contributed by atoms with Gasteiger partial charge < -0.3 is 10.1 Å². The molecule has 1 aliphatic rings. The number of halogens is 1. The fourth-order valence-corrected chi connectivity index (χ4v) is 2.63. The van der Waals surface area contributed by atoms with Crippen molar-refractivity contribution in [3.05, 3.63) is 27.7 Å². The van der Waals surface area contributed by atoms with Crippen molar-refractivity contribution in [2.75, 3.05) is 33.3 Å². The summed E-state index contributed by atoms with van der Waals surface area (Å²) in [7, 11) is 1.73. The van der Waals surface area contributed by atoms with E-state index in [1.54, 1.807) is 7.11 Å². The van der Waals surface area contributed by atoms with Crippen LogP contribution in [0.5, 0.6) is 5.75 Å². The highest BCUT2D eigenvalue weighted by atomic mass is 79.9.